The van der Waals surface area contributed by atoms with E-state index in [-0.39, 0.29) is 5.54 Å². The van der Waals surface area contributed by atoms with Crippen LogP contribution in [0.4, 0.5) is 0 Å². The lowest BCUT2D eigenvalue weighted by Gasteiger charge is -2.20. The van der Waals surface area contributed by atoms with E-state index in [1.54, 1.807) is 12.1 Å². The van der Waals surface area contributed by atoms with Crippen LogP contribution < -0.4 is 4.72 Å². The van der Waals surface area contributed by atoms with Crippen molar-refractivity contribution in [1.82, 2.24) is 4.72 Å². The van der Waals surface area contributed by atoms with Gasteiger partial charge in [0.2, 0.25) is 0 Å². The molecule has 0 spiro atoms. The third-order valence-electron chi connectivity index (χ3n) is 1.81. The Hall–Kier alpha value is -0.0900. The highest BCUT2D eigenvalue weighted by atomic mass is 35.5. The summed E-state index contributed by atoms with van der Waals surface area (Å²) in [5, 5.41) is 1.04. The number of rotatable bonds is 2. The second-order valence-corrected chi connectivity index (χ2v) is 6.65. The van der Waals surface area contributed by atoms with E-state index in [1.165, 1.54) is 0 Å². The van der Waals surface area contributed by atoms with Crippen LogP contribution in [0.3, 0.4) is 0 Å². The van der Waals surface area contributed by atoms with Gasteiger partial charge in [0.1, 0.15) is 11.0 Å². The predicted molar refractivity (Wildman–Crippen MR) is 70.5 cm³/mol. The maximum absolute atomic E-state index is 12.0. The first-order valence-electron chi connectivity index (χ1n) is 4.86. The zero-order valence-corrected chi connectivity index (χ0v) is 12.1. The zero-order chi connectivity index (χ0) is 12.5. The summed E-state index contributed by atoms with van der Waals surface area (Å²) in [5.74, 6) is 0. The molecule has 1 N–H and O–H groups in total. The standard InChI is InChI=1S/C11H15Cl2NOS/c1-7-5-9(13)10(6-8(7)12)16(15)14-11(2,3)4/h5-6,14H,1-4H3. The van der Waals surface area contributed by atoms with Crippen LogP contribution in [-0.2, 0) is 11.0 Å². The summed E-state index contributed by atoms with van der Waals surface area (Å²) in [7, 11) is -1.35. The van der Waals surface area contributed by atoms with Crippen LogP contribution in [0.2, 0.25) is 10.0 Å². The number of benzene rings is 1. The van der Waals surface area contributed by atoms with Gasteiger partial charge in [-0.25, -0.2) is 8.93 Å². The van der Waals surface area contributed by atoms with Crippen molar-refractivity contribution < 1.29 is 4.21 Å². The molecule has 2 nitrogen and oxygen atoms in total. The molecular formula is C11H15Cl2NOS. The fourth-order valence-electron chi connectivity index (χ4n) is 1.10. The van der Waals surface area contributed by atoms with Gasteiger partial charge in [-0.3, -0.25) is 0 Å². The Kier molecular flexibility index (Phi) is 4.41. The second-order valence-electron chi connectivity index (χ2n) is 4.65. The zero-order valence-electron chi connectivity index (χ0n) is 9.73. The molecule has 1 unspecified atom stereocenters. The van der Waals surface area contributed by atoms with Crippen molar-refractivity contribution in [3.05, 3.63) is 27.7 Å². The molecule has 1 rings (SSSR count). The van der Waals surface area contributed by atoms with E-state index < -0.39 is 11.0 Å². The first-order chi connectivity index (χ1) is 7.20. The molecule has 0 saturated heterocycles. The van der Waals surface area contributed by atoms with Crippen LogP contribution >= 0.6 is 23.2 Å². The number of hydrogen-bond acceptors (Lipinski definition) is 1. The fraction of sp³-hybridized carbons (Fsp3) is 0.455. The Morgan fingerprint density at radius 1 is 1.19 bits per heavy atom. The van der Waals surface area contributed by atoms with Crippen LogP contribution in [0.25, 0.3) is 0 Å². The molecular weight excluding hydrogens is 265 g/mol. The van der Waals surface area contributed by atoms with Gasteiger partial charge in [-0.2, -0.15) is 0 Å². The molecule has 0 saturated carbocycles. The summed E-state index contributed by atoms with van der Waals surface area (Å²) in [4.78, 5) is 0.521. The van der Waals surface area contributed by atoms with Gasteiger partial charge < -0.3 is 0 Å². The number of hydrogen-bond donors (Lipinski definition) is 1. The topological polar surface area (TPSA) is 29.1 Å². The van der Waals surface area contributed by atoms with Gasteiger partial charge in [-0.05, 0) is 45.4 Å². The first-order valence-corrected chi connectivity index (χ1v) is 6.76. The molecule has 0 fully saturated rings. The van der Waals surface area contributed by atoms with Crippen LogP contribution in [-0.4, -0.2) is 9.75 Å². The first kappa shape index (κ1) is 14.0. The third kappa shape index (κ3) is 3.74. The van der Waals surface area contributed by atoms with Gasteiger partial charge in [-0.15, -0.1) is 0 Å². The smallest absolute Gasteiger partial charge is 0.126 e. The molecule has 0 aromatic heterocycles. The molecule has 5 heteroatoms. The lowest BCUT2D eigenvalue weighted by Crippen LogP contribution is -2.37. The molecule has 1 aromatic rings. The molecule has 0 radical (unpaired) electrons. The highest BCUT2D eigenvalue weighted by Gasteiger charge is 2.17. The summed E-state index contributed by atoms with van der Waals surface area (Å²) in [6.07, 6.45) is 0. The van der Waals surface area contributed by atoms with Crippen molar-refractivity contribution in [3.63, 3.8) is 0 Å². The average molecular weight is 280 g/mol. The van der Waals surface area contributed by atoms with Crippen molar-refractivity contribution in [2.45, 2.75) is 38.1 Å². The number of halogens is 2. The van der Waals surface area contributed by atoms with Gasteiger partial charge in [-0.1, -0.05) is 23.2 Å². The summed E-state index contributed by atoms with van der Waals surface area (Å²) in [6.45, 7) is 7.68. The molecule has 0 heterocycles. The molecule has 0 amide bonds. The molecule has 1 atom stereocenters. The SMILES string of the molecule is Cc1cc(Cl)c(S(=O)NC(C)(C)C)cc1Cl. The Labute approximate surface area is 109 Å². The monoisotopic (exact) mass is 279 g/mol. The summed E-state index contributed by atoms with van der Waals surface area (Å²) < 4.78 is 15.0. The Morgan fingerprint density at radius 2 is 1.75 bits per heavy atom. The minimum absolute atomic E-state index is 0.244. The molecule has 90 valence electrons. The maximum Gasteiger partial charge on any atom is 0.126 e. The van der Waals surface area contributed by atoms with E-state index in [1.807, 2.05) is 27.7 Å². The minimum Gasteiger partial charge on any atom is -0.237 e. The fourth-order valence-corrected chi connectivity index (χ4v) is 2.89. The summed E-state index contributed by atoms with van der Waals surface area (Å²) >= 11 is 12.0. The van der Waals surface area contributed by atoms with Gasteiger partial charge in [0.25, 0.3) is 0 Å². The van der Waals surface area contributed by atoms with Crippen molar-refractivity contribution in [1.29, 1.82) is 0 Å². The third-order valence-corrected chi connectivity index (χ3v) is 4.18. The number of nitrogens with one attached hydrogen (secondary N) is 1. The van der Waals surface area contributed by atoms with E-state index in [9.17, 15) is 4.21 Å². The molecule has 1 aromatic carbocycles. The molecule has 16 heavy (non-hydrogen) atoms. The van der Waals surface area contributed by atoms with E-state index in [2.05, 4.69) is 4.72 Å². The van der Waals surface area contributed by atoms with Gasteiger partial charge >= 0.3 is 0 Å². The molecule has 0 aliphatic rings. The molecule has 0 bridgehead atoms. The lowest BCUT2D eigenvalue weighted by atomic mass is 10.1. The van der Waals surface area contributed by atoms with Crippen LogP contribution in [0.5, 0.6) is 0 Å². The van der Waals surface area contributed by atoms with Crippen molar-refractivity contribution in [3.8, 4) is 0 Å². The average Bonchev–Trinajstić information content (AvgIpc) is 2.08. The second kappa shape index (κ2) is 5.05. The van der Waals surface area contributed by atoms with Crippen molar-refractivity contribution in [2.75, 3.05) is 0 Å². The normalized spacial score (nSPS) is 13.9. The van der Waals surface area contributed by atoms with Gasteiger partial charge in [0.15, 0.2) is 0 Å². The van der Waals surface area contributed by atoms with Crippen molar-refractivity contribution in [2.24, 2.45) is 0 Å². The Morgan fingerprint density at radius 3 is 2.25 bits per heavy atom. The largest absolute Gasteiger partial charge is 0.237 e. The van der Waals surface area contributed by atoms with E-state index in [0.29, 0.717) is 14.9 Å². The predicted octanol–water partition coefficient (Wildman–Crippen LogP) is 3.71. The molecule has 0 aliphatic heterocycles. The van der Waals surface area contributed by atoms with Crippen LogP contribution in [0.15, 0.2) is 17.0 Å². The van der Waals surface area contributed by atoms with Crippen LogP contribution in [0, 0.1) is 6.92 Å². The summed E-state index contributed by atoms with van der Waals surface area (Å²) in [6, 6.07) is 3.37. The van der Waals surface area contributed by atoms with Crippen LogP contribution in [0.1, 0.15) is 26.3 Å². The Balaban J connectivity index is 3.05. The van der Waals surface area contributed by atoms with Gasteiger partial charge in [0.05, 0.1) is 9.92 Å². The summed E-state index contributed by atoms with van der Waals surface area (Å²) in [5.41, 5.74) is 0.633. The highest BCUT2D eigenvalue weighted by molar-refractivity contribution is 7.83. The number of aryl methyl sites for hydroxylation is 1. The van der Waals surface area contributed by atoms with E-state index in [0.717, 1.165) is 5.56 Å². The highest BCUT2D eigenvalue weighted by Crippen LogP contribution is 2.27. The quantitative estimate of drug-likeness (QED) is 0.879. The maximum atomic E-state index is 12.0. The van der Waals surface area contributed by atoms with Crippen molar-refractivity contribution >= 4 is 34.2 Å². The molecule has 0 aliphatic carbocycles. The minimum atomic E-state index is -1.35. The van der Waals surface area contributed by atoms with E-state index >= 15 is 0 Å². The van der Waals surface area contributed by atoms with E-state index in [4.69, 9.17) is 23.2 Å². The lowest BCUT2D eigenvalue weighted by molar-refractivity contribution is 0.519. The Bertz CT molecular complexity index is 427. The van der Waals surface area contributed by atoms with Gasteiger partial charge in [0, 0.05) is 10.6 Å².